The maximum absolute atomic E-state index is 9.72. The molecule has 0 heterocycles. The van der Waals surface area contributed by atoms with Gasteiger partial charge in [0, 0.05) is 0 Å². The van der Waals surface area contributed by atoms with Crippen LogP contribution in [0.25, 0.3) is 32.7 Å². The summed E-state index contributed by atoms with van der Waals surface area (Å²) in [5, 5.41) is 23.5. The van der Waals surface area contributed by atoms with Gasteiger partial charge in [0.05, 0.1) is 0 Å². The Morgan fingerprint density at radius 2 is 1.35 bits per heavy atom. The molecular weight excluding hydrogens is 283 g/mol. The normalized spacial score (nSPS) is 11.0. The lowest BCUT2D eigenvalue weighted by Crippen LogP contribution is -2.30. The molecule has 0 bridgehead atoms. The molecule has 0 fully saturated rings. The van der Waals surface area contributed by atoms with Crippen LogP contribution in [-0.2, 0) is 0 Å². The van der Waals surface area contributed by atoms with E-state index in [2.05, 4.69) is 18.2 Å². The van der Waals surface area contributed by atoms with Crippen LogP contribution in [0.3, 0.4) is 0 Å². The molecule has 0 aliphatic rings. The summed E-state index contributed by atoms with van der Waals surface area (Å²) in [5.41, 5.74) is 2.84. The van der Waals surface area contributed by atoms with E-state index in [0.717, 1.165) is 32.7 Å². The highest BCUT2D eigenvalue weighted by Gasteiger charge is 2.18. The summed E-state index contributed by atoms with van der Waals surface area (Å²) < 4.78 is 0. The Balaban J connectivity index is 2.18. The first-order valence-corrected chi connectivity index (χ1v) is 7.61. The highest BCUT2D eigenvalue weighted by molar-refractivity contribution is 6.62. The molecule has 4 aromatic rings. The third-order valence-corrected chi connectivity index (χ3v) is 4.28. The summed E-state index contributed by atoms with van der Waals surface area (Å²) in [4.78, 5) is 0. The molecule has 4 rings (SSSR count). The van der Waals surface area contributed by atoms with Crippen molar-refractivity contribution >= 4 is 34.1 Å². The van der Waals surface area contributed by atoms with Crippen LogP contribution in [0, 0.1) is 0 Å². The zero-order chi connectivity index (χ0) is 15.8. The molecule has 0 aliphatic carbocycles. The second-order valence-electron chi connectivity index (χ2n) is 5.65. The van der Waals surface area contributed by atoms with Gasteiger partial charge in [-0.25, -0.2) is 0 Å². The lowest BCUT2D eigenvalue weighted by Gasteiger charge is -2.13. The first-order valence-electron chi connectivity index (χ1n) is 7.61. The van der Waals surface area contributed by atoms with E-state index in [4.69, 9.17) is 0 Å². The Labute approximate surface area is 134 Å². The van der Waals surface area contributed by atoms with Gasteiger partial charge in [0.25, 0.3) is 0 Å². The minimum Gasteiger partial charge on any atom is -0.423 e. The van der Waals surface area contributed by atoms with Crippen molar-refractivity contribution in [1.82, 2.24) is 0 Å². The van der Waals surface area contributed by atoms with Gasteiger partial charge < -0.3 is 10.0 Å². The number of hydrogen-bond donors (Lipinski definition) is 2. The maximum atomic E-state index is 9.72. The zero-order valence-electron chi connectivity index (χ0n) is 12.5. The molecule has 0 atom stereocenters. The van der Waals surface area contributed by atoms with Crippen molar-refractivity contribution in [1.29, 1.82) is 0 Å². The lowest BCUT2D eigenvalue weighted by molar-refractivity contribution is 0.426. The zero-order valence-corrected chi connectivity index (χ0v) is 12.5. The molecule has 0 saturated heterocycles. The molecule has 0 spiro atoms. The molecule has 0 radical (unpaired) electrons. The fourth-order valence-electron chi connectivity index (χ4n) is 3.26. The van der Waals surface area contributed by atoms with E-state index in [9.17, 15) is 10.0 Å². The third kappa shape index (κ3) is 2.31. The lowest BCUT2D eigenvalue weighted by atomic mass is 9.75. The molecular formula is C20H15BO2. The minimum atomic E-state index is -1.48. The second kappa shape index (κ2) is 5.54. The summed E-state index contributed by atoms with van der Waals surface area (Å²) in [5.74, 6) is 0. The van der Waals surface area contributed by atoms with Crippen LogP contribution in [-0.4, -0.2) is 17.2 Å². The van der Waals surface area contributed by atoms with Crippen LogP contribution in [0.15, 0.2) is 78.9 Å². The van der Waals surface area contributed by atoms with Gasteiger partial charge in [0.15, 0.2) is 0 Å². The van der Waals surface area contributed by atoms with Gasteiger partial charge in [0.1, 0.15) is 0 Å². The maximum Gasteiger partial charge on any atom is 0.489 e. The Bertz CT molecular complexity index is 994. The predicted octanol–water partition coefficient (Wildman–Crippen LogP) is 3.34. The Morgan fingerprint density at radius 3 is 2.09 bits per heavy atom. The van der Waals surface area contributed by atoms with Gasteiger partial charge in [-0.15, -0.1) is 0 Å². The number of hydrogen-bond acceptors (Lipinski definition) is 2. The van der Waals surface area contributed by atoms with E-state index in [1.54, 1.807) is 0 Å². The molecule has 4 aromatic carbocycles. The van der Waals surface area contributed by atoms with Crippen molar-refractivity contribution in [2.24, 2.45) is 0 Å². The van der Waals surface area contributed by atoms with Crippen molar-refractivity contribution in [3.8, 4) is 11.1 Å². The quantitative estimate of drug-likeness (QED) is 0.440. The third-order valence-electron chi connectivity index (χ3n) is 4.28. The molecule has 23 heavy (non-hydrogen) atoms. The number of benzene rings is 4. The standard InChI is InChI=1S/C20H15BO2/c22-21(23)19-13-15-9-6-12-16(14-7-2-1-3-8-14)20(15)18-11-5-4-10-17(18)19/h1-13,22-23H. The Kier molecular flexibility index (Phi) is 3.38. The summed E-state index contributed by atoms with van der Waals surface area (Å²) in [7, 11) is -1.48. The molecule has 110 valence electrons. The summed E-state index contributed by atoms with van der Waals surface area (Å²) in [6.45, 7) is 0. The first kappa shape index (κ1) is 14.0. The number of rotatable bonds is 2. The summed E-state index contributed by atoms with van der Waals surface area (Å²) in [6.07, 6.45) is 0. The molecule has 2 nitrogen and oxygen atoms in total. The Morgan fingerprint density at radius 1 is 0.652 bits per heavy atom. The summed E-state index contributed by atoms with van der Waals surface area (Å²) >= 11 is 0. The van der Waals surface area contributed by atoms with Gasteiger partial charge in [-0.3, -0.25) is 0 Å². The van der Waals surface area contributed by atoms with Crippen molar-refractivity contribution in [2.75, 3.05) is 0 Å². The summed E-state index contributed by atoms with van der Waals surface area (Å²) in [6, 6.07) is 26.1. The monoisotopic (exact) mass is 298 g/mol. The smallest absolute Gasteiger partial charge is 0.423 e. The topological polar surface area (TPSA) is 40.5 Å². The highest BCUT2D eigenvalue weighted by atomic mass is 16.4. The van der Waals surface area contributed by atoms with Crippen molar-refractivity contribution < 1.29 is 10.0 Å². The van der Waals surface area contributed by atoms with Gasteiger partial charge in [0.2, 0.25) is 0 Å². The average Bonchev–Trinajstić information content (AvgIpc) is 2.61. The van der Waals surface area contributed by atoms with Crippen LogP contribution < -0.4 is 5.46 Å². The van der Waals surface area contributed by atoms with E-state index in [1.807, 2.05) is 60.7 Å². The fraction of sp³-hybridized carbons (Fsp3) is 0. The SMILES string of the molecule is OB(O)c1cc2cccc(-c3ccccc3)c2c2ccccc12. The number of fused-ring (bicyclic) bond motifs is 3. The van der Waals surface area contributed by atoms with E-state index in [-0.39, 0.29) is 0 Å². The van der Waals surface area contributed by atoms with Gasteiger partial charge in [-0.2, -0.15) is 0 Å². The Hall–Kier alpha value is -2.62. The minimum absolute atomic E-state index is 0.540. The van der Waals surface area contributed by atoms with Crippen LogP contribution in [0.2, 0.25) is 0 Å². The molecule has 0 aliphatic heterocycles. The van der Waals surface area contributed by atoms with E-state index in [1.165, 1.54) is 0 Å². The van der Waals surface area contributed by atoms with Gasteiger partial charge in [-0.05, 0) is 38.1 Å². The highest BCUT2D eigenvalue weighted by Crippen LogP contribution is 2.33. The molecule has 3 heteroatoms. The van der Waals surface area contributed by atoms with Gasteiger partial charge in [-0.1, -0.05) is 78.9 Å². The van der Waals surface area contributed by atoms with Gasteiger partial charge >= 0.3 is 7.12 Å². The van der Waals surface area contributed by atoms with Crippen molar-refractivity contribution in [2.45, 2.75) is 0 Å². The molecule has 0 unspecified atom stereocenters. The van der Waals surface area contributed by atoms with Crippen molar-refractivity contribution in [3.05, 3.63) is 78.9 Å². The van der Waals surface area contributed by atoms with E-state index >= 15 is 0 Å². The van der Waals surface area contributed by atoms with Crippen molar-refractivity contribution in [3.63, 3.8) is 0 Å². The first-order chi connectivity index (χ1) is 11.3. The van der Waals surface area contributed by atoms with Crippen LogP contribution in [0.1, 0.15) is 0 Å². The van der Waals surface area contributed by atoms with E-state index < -0.39 is 7.12 Å². The molecule has 0 aromatic heterocycles. The predicted molar refractivity (Wildman–Crippen MR) is 96.7 cm³/mol. The second-order valence-corrected chi connectivity index (χ2v) is 5.65. The molecule has 2 N–H and O–H groups in total. The van der Waals surface area contributed by atoms with Crippen LogP contribution in [0.4, 0.5) is 0 Å². The average molecular weight is 298 g/mol. The van der Waals surface area contributed by atoms with E-state index in [0.29, 0.717) is 5.46 Å². The largest absolute Gasteiger partial charge is 0.489 e. The molecule has 0 saturated carbocycles. The fourth-order valence-corrected chi connectivity index (χ4v) is 3.26. The van der Waals surface area contributed by atoms with Crippen LogP contribution >= 0.6 is 0 Å². The van der Waals surface area contributed by atoms with Crippen LogP contribution in [0.5, 0.6) is 0 Å². The molecule has 0 amide bonds.